The number of benzene rings is 1. The van der Waals surface area contributed by atoms with Crippen LogP contribution in [0.4, 0.5) is 9.93 Å². The monoisotopic (exact) mass is 385 g/mol. The molecule has 4 rings (SSSR count). The Morgan fingerprint density at radius 2 is 2.08 bits per heavy atom. The molecule has 3 amide bonds. The second-order valence-corrected chi connectivity index (χ2v) is 7.34. The molecule has 0 aliphatic carbocycles. The lowest BCUT2D eigenvalue weighted by Gasteiger charge is -2.11. The molecule has 0 radical (unpaired) electrons. The number of nitrogens with one attached hydrogen (secondary N) is 1. The number of aromatic nitrogens is 1. The zero-order valence-electron chi connectivity index (χ0n) is 13.2. The molecule has 0 bridgehead atoms. The minimum atomic E-state index is -0.518. The lowest BCUT2D eigenvalue weighted by Crippen LogP contribution is -2.36. The van der Waals surface area contributed by atoms with Gasteiger partial charge in [-0.3, -0.25) is 19.3 Å². The van der Waals surface area contributed by atoms with Crippen LogP contribution in [0, 0.1) is 0 Å². The van der Waals surface area contributed by atoms with Crippen molar-refractivity contribution in [3.05, 3.63) is 53.3 Å². The fraction of sp³-hybridized carbons (Fsp3) is 0.0588. The number of imide groups is 1. The van der Waals surface area contributed by atoms with Crippen molar-refractivity contribution in [1.82, 2.24) is 9.88 Å². The van der Waals surface area contributed by atoms with Crippen molar-refractivity contribution in [3.8, 4) is 0 Å². The van der Waals surface area contributed by atoms with E-state index in [-0.39, 0.29) is 11.4 Å². The van der Waals surface area contributed by atoms with Crippen molar-refractivity contribution >= 4 is 61.6 Å². The van der Waals surface area contributed by atoms with Gasteiger partial charge in [-0.15, -0.1) is 0 Å². The van der Waals surface area contributed by atoms with Gasteiger partial charge in [0.1, 0.15) is 12.3 Å². The summed E-state index contributed by atoms with van der Waals surface area (Å²) >= 11 is 2.11. The highest BCUT2D eigenvalue weighted by Crippen LogP contribution is 2.32. The van der Waals surface area contributed by atoms with E-state index < -0.39 is 17.1 Å². The van der Waals surface area contributed by atoms with Crippen LogP contribution >= 0.6 is 23.1 Å². The van der Waals surface area contributed by atoms with Crippen LogP contribution in [0.1, 0.15) is 5.76 Å². The second kappa shape index (κ2) is 6.77. The Bertz CT molecular complexity index is 1010. The molecule has 7 nitrogen and oxygen atoms in total. The Balaban J connectivity index is 1.45. The first kappa shape index (κ1) is 16.6. The zero-order valence-corrected chi connectivity index (χ0v) is 14.8. The third-order valence-electron chi connectivity index (χ3n) is 3.53. The largest absolute Gasteiger partial charge is 0.465 e. The lowest BCUT2D eigenvalue weighted by molar-refractivity contribution is -0.127. The molecule has 1 saturated heterocycles. The van der Waals surface area contributed by atoms with Gasteiger partial charge in [-0.2, -0.15) is 0 Å². The summed E-state index contributed by atoms with van der Waals surface area (Å²) in [6, 6.07) is 10.8. The zero-order chi connectivity index (χ0) is 18.1. The Hall–Kier alpha value is -2.91. The SMILES string of the molecule is O=C(CN1C(=O)SC(=Cc2ccco2)C1=O)Nc1nc2ccccc2s1. The first-order valence-corrected chi connectivity index (χ1v) is 9.18. The van der Waals surface area contributed by atoms with E-state index in [2.05, 4.69) is 10.3 Å². The van der Waals surface area contributed by atoms with Crippen molar-refractivity contribution < 1.29 is 18.8 Å². The molecule has 0 unspecified atom stereocenters. The highest BCUT2D eigenvalue weighted by Gasteiger charge is 2.36. The van der Waals surface area contributed by atoms with Gasteiger partial charge in [0.25, 0.3) is 11.1 Å². The van der Waals surface area contributed by atoms with E-state index in [1.54, 1.807) is 12.1 Å². The standard InChI is InChI=1S/C17H11N3O4S2/c21-14(19-16-18-11-5-1-2-6-12(11)25-16)9-20-15(22)13(26-17(20)23)8-10-4-3-7-24-10/h1-8H,9H2,(H,18,19,21). The van der Waals surface area contributed by atoms with Gasteiger partial charge in [0.05, 0.1) is 21.4 Å². The van der Waals surface area contributed by atoms with Crippen LogP contribution in [0.25, 0.3) is 16.3 Å². The molecule has 26 heavy (non-hydrogen) atoms. The number of carbonyl (C=O) groups excluding carboxylic acids is 3. The number of thioether (sulfide) groups is 1. The summed E-state index contributed by atoms with van der Waals surface area (Å²) in [5.74, 6) is -0.532. The fourth-order valence-corrected chi connectivity index (χ4v) is 4.07. The third-order valence-corrected chi connectivity index (χ3v) is 5.39. The number of furan rings is 1. The number of carbonyl (C=O) groups is 3. The van der Waals surface area contributed by atoms with Crippen LogP contribution in [-0.4, -0.2) is 33.5 Å². The maximum absolute atomic E-state index is 12.4. The van der Waals surface area contributed by atoms with Crippen molar-refractivity contribution in [1.29, 1.82) is 0 Å². The van der Waals surface area contributed by atoms with Gasteiger partial charge in [-0.1, -0.05) is 23.5 Å². The highest BCUT2D eigenvalue weighted by molar-refractivity contribution is 8.18. The maximum atomic E-state index is 12.4. The number of thiazole rings is 1. The molecule has 1 aliphatic heterocycles. The first-order valence-electron chi connectivity index (χ1n) is 7.54. The van der Waals surface area contributed by atoms with Gasteiger partial charge >= 0.3 is 0 Å². The lowest BCUT2D eigenvalue weighted by atomic mass is 10.3. The molecular formula is C17H11N3O4S2. The van der Waals surface area contributed by atoms with E-state index in [4.69, 9.17) is 4.42 Å². The van der Waals surface area contributed by atoms with E-state index in [1.807, 2.05) is 24.3 Å². The summed E-state index contributed by atoms with van der Waals surface area (Å²) in [5.41, 5.74) is 0.778. The van der Waals surface area contributed by atoms with Crippen LogP contribution < -0.4 is 5.32 Å². The molecule has 3 heterocycles. The number of nitrogens with zero attached hydrogens (tertiary/aromatic N) is 2. The van der Waals surface area contributed by atoms with Crippen LogP contribution in [-0.2, 0) is 9.59 Å². The maximum Gasteiger partial charge on any atom is 0.294 e. The minimum Gasteiger partial charge on any atom is -0.465 e. The molecule has 0 spiro atoms. The molecule has 3 aromatic rings. The first-order chi connectivity index (χ1) is 12.6. The van der Waals surface area contributed by atoms with Gasteiger partial charge in [-0.25, -0.2) is 4.98 Å². The molecule has 0 atom stereocenters. The average Bonchev–Trinajstić information content (AvgIpc) is 3.31. The van der Waals surface area contributed by atoms with Gasteiger partial charge in [0, 0.05) is 6.08 Å². The highest BCUT2D eigenvalue weighted by atomic mass is 32.2. The van der Waals surface area contributed by atoms with E-state index in [0.29, 0.717) is 10.9 Å². The predicted molar refractivity (Wildman–Crippen MR) is 99.6 cm³/mol. The van der Waals surface area contributed by atoms with E-state index in [1.165, 1.54) is 23.7 Å². The Morgan fingerprint density at radius 1 is 1.23 bits per heavy atom. The molecule has 2 aromatic heterocycles. The summed E-state index contributed by atoms with van der Waals surface area (Å²) < 4.78 is 6.09. The van der Waals surface area contributed by atoms with Crippen molar-refractivity contribution in [2.75, 3.05) is 11.9 Å². The quantitative estimate of drug-likeness (QED) is 0.690. The molecule has 1 aliphatic rings. The minimum absolute atomic E-state index is 0.220. The van der Waals surface area contributed by atoms with Crippen LogP contribution in [0.5, 0.6) is 0 Å². The normalized spacial score (nSPS) is 16.0. The van der Waals surface area contributed by atoms with E-state index in [0.717, 1.165) is 26.9 Å². The van der Waals surface area contributed by atoms with E-state index >= 15 is 0 Å². The van der Waals surface area contributed by atoms with Crippen LogP contribution in [0.3, 0.4) is 0 Å². The van der Waals surface area contributed by atoms with Crippen LogP contribution in [0.15, 0.2) is 52.0 Å². The molecular weight excluding hydrogens is 374 g/mol. The second-order valence-electron chi connectivity index (χ2n) is 5.32. The van der Waals surface area contributed by atoms with Gasteiger partial charge in [0.2, 0.25) is 5.91 Å². The number of amides is 3. The van der Waals surface area contributed by atoms with E-state index in [9.17, 15) is 14.4 Å². The number of hydrogen-bond acceptors (Lipinski definition) is 7. The number of anilines is 1. The third kappa shape index (κ3) is 3.26. The summed E-state index contributed by atoms with van der Waals surface area (Å²) in [4.78, 5) is 42.1. The Labute approximate surface area is 155 Å². The number of para-hydroxylation sites is 1. The van der Waals surface area contributed by atoms with Gasteiger partial charge < -0.3 is 9.73 Å². The number of hydrogen-bond donors (Lipinski definition) is 1. The molecule has 0 saturated carbocycles. The molecule has 1 fully saturated rings. The number of fused-ring (bicyclic) bond motifs is 1. The van der Waals surface area contributed by atoms with Crippen molar-refractivity contribution in [2.24, 2.45) is 0 Å². The Kier molecular flexibility index (Phi) is 4.31. The summed E-state index contributed by atoms with van der Waals surface area (Å²) in [5, 5.41) is 2.57. The predicted octanol–water partition coefficient (Wildman–Crippen LogP) is 3.56. The molecule has 1 N–H and O–H groups in total. The van der Waals surface area contributed by atoms with Gasteiger partial charge in [-0.05, 0) is 36.0 Å². The summed E-state index contributed by atoms with van der Waals surface area (Å²) in [6.45, 7) is -0.365. The molecule has 9 heteroatoms. The molecule has 1 aromatic carbocycles. The average molecular weight is 385 g/mol. The molecule has 130 valence electrons. The van der Waals surface area contributed by atoms with Crippen molar-refractivity contribution in [2.45, 2.75) is 0 Å². The fourth-order valence-electron chi connectivity index (χ4n) is 2.37. The smallest absolute Gasteiger partial charge is 0.294 e. The van der Waals surface area contributed by atoms with Gasteiger partial charge in [0.15, 0.2) is 5.13 Å². The number of rotatable bonds is 4. The summed E-state index contributed by atoms with van der Waals surface area (Å²) in [6.07, 6.45) is 2.96. The Morgan fingerprint density at radius 3 is 2.85 bits per heavy atom. The topological polar surface area (TPSA) is 92.5 Å². The van der Waals surface area contributed by atoms with Crippen LogP contribution in [0.2, 0.25) is 0 Å². The summed E-state index contributed by atoms with van der Waals surface area (Å²) in [7, 11) is 0. The van der Waals surface area contributed by atoms with Crippen molar-refractivity contribution in [3.63, 3.8) is 0 Å².